The number of aliphatic carboxylic acids is 1. The van der Waals surface area contributed by atoms with Crippen molar-refractivity contribution in [1.82, 2.24) is 4.31 Å². The molecule has 0 saturated carbocycles. The Kier molecular flexibility index (Phi) is 4.87. The van der Waals surface area contributed by atoms with E-state index < -0.39 is 22.0 Å². The maximum atomic E-state index is 12.9. The minimum atomic E-state index is -3.87. The van der Waals surface area contributed by atoms with Crippen molar-refractivity contribution in [2.24, 2.45) is 0 Å². The molecule has 1 heterocycles. The number of halogens is 1. The highest BCUT2D eigenvalue weighted by Gasteiger charge is 2.45. The van der Waals surface area contributed by atoms with E-state index in [1.54, 1.807) is 13.0 Å². The molecule has 0 aliphatic carbocycles. The Balaban J connectivity index is 2.52. The van der Waals surface area contributed by atoms with Gasteiger partial charge in [-0.05, 0) is 37.1 Å². The lowest BCUT2D eigenvalue weighted by Gasteiger charge is -2.26. The smallest absolute Gasteiger partial charge is 0.322 e. The number of carboxylic acid groups (broad SMARTS) is 1. The number of sulfonamides is 1. The molecule has 1 aromatic rings. The van der Waals surface area contributed by atoms with E-state index in [1.807, 2.05) is 6.92 Å². The van der Waals surface area contributed by atoms with Crippen LogP contribution in [0.25, 0.3) is 0 Å². The van der Waals surface area contributed by atoms with E-state index in [0.29, 0.717) is 17.0 Å². The van der Waals surface area contributed by atoms with Crippen molar-refractivity contribution >= 4 is 39.4 Å². The summed E-state index contributed by atoms with van der Waals surface area (Å²) in [4.78, 5) is 11.5. The predicted molar refractivity (Wildman–Crippen MR) is 83.2 cm³/mol. The van der Waals surface area contributed by atoms with Crippen LogP contribution in [0.4, 0.5) is 0 Å². The summed E-state index contributed by atoms with van der Waals surface area (Å²) in [7, 11) is -3.87. The standard InChI is InChI=1S/C13H16ClNO4S2/c1-3-12-15(10(7-20-12)13(16)17)21(18,19)11-5-4-9(14)6-8(11)2/h4-6,10,12H,3,7H2,1-2H3,(H,16,17). The number of hydrogen-bond acceptors (Lipinski definition) is 4. The minimum absolute atomic E-state index is 0.110. The number of carbonyl (C=O) groups is 1. The van der Waals surface area contributed by atoms with Crippen molar-refractivity contribution < 1.29 is 18.3 Å². The SMILES string of the molecule is CCC1SCC(C(=O)O)N1S(=O)(=O)c1ccc(Cl)cc1C. The fourth-order valence-electron chi connectivity index (χ4n) is 2.37. The van der Waals surface area contributed by atoms with Crippen LogP contribution >= 0.6 is 23.4 Å². The van der Waals surface area contributed by atoms with Crippen LogP contribution in [0.1, 0.15) is 18.9 Å². The minimum Gasteiger partial charge on any atom is -0.480 e. The van der Waals surface area contributed by atoms with Crippen LogP contribution in [0.5, 0.6) is 0 Å². The van der Waals surface area contributed by atoms with E-state index in [-0.39, 0.29) is 16.0 Å². The molecule has 0 spiro atoms. The molecule has 2 rings (SSSR count). The second-order valence-electron chi connectivity index (χ2n) is 4.80. The zero-order valence-corrected chi connectivity index (χ0v) is 14.0. The van der Waals surface area contributed by atoms with Crippen LogP contribution < -0.4 is 0 Å². The van der Waals surface area contributed by atoms with Gasteiger partial charge in [0.25, 0.3) is 0 Å². The fraction of sp³-hybridized carbons (Fsp3) is 0.462. The van der Waals surface area contributed by atoms with Gasteiger partial charge in [0.2, 0.25) is 10.0 Å². The largest absolute Gasteiger partial charge is 0.480 e. The molecular weight excluding hydrogens is 334 g/mol. The number of benzene rings is 1. The Morgan fingerprint density at radius 3 is 2.71 bits per heavy atom. The first-order valence-electron chi connectivity index (χ1n) is 6.43. The summed E-state index contributed by atoms with van der Waals surface area (Å²) >= 11 is 7.21. The lowest BCUT2D eigenvalue weighted by Crippen LogP contribution is -2.45. The molecule has 0 bridgehead atoms. The normalized spacial score (nSPS) is 23.4. The van der Waals surface area contributed by atoms with E-state index in [1.165, 1.54) is 23.9 Å². The van der Waals surface area contributed by atoms with Gasteiger partial charge < -0.3 is 5.11 Å². The van der Waals surface area contributed by atoms with Gasteiger partial charge in [-0.3, -0.25) is 4.79 Å². The number of aryl methyl sites for hydroxylation is 1. The van der Waals surface area contributed by atoms with E-state index in [4.69, 9.17) is 11.6 Å². The van der Waals surface area contributed by atoms with Gasteiger partial charge in [-0.15, -0.1) is 11.8 Å². The molecule has 5 nitrogen and oxygen atoms in total. The van der Waals surface area contributed by atoms with Gasteiger partial charge in [-0.1, -0.05) is 18.5 Å². The van der Waals surface area contributed by atoms with Gasteiger partial charge in [-0.2, -0.15) is 4.31 Å². The van der Waals surface area contributed by atoms with Gasteiger partial charge in [0.1, 0.15) is 6.04 Å². The molecule has 1 aliphatic rings. The monoisotopic (exact) mass is 349 g/mol. The third-order valence-corrected chi connectivity index (χ3v) is 7.26. The van der Waals surface area contributed by atoms with E-state index in [0.717, 1.165) is 4.31 Å². The molecule has 1 saturated heterocycles. The average molecular weight is 350 g/mol. The summed E-state index contributed by atoms with van der Waals surface area (Å²) in [6, 6.07) is 3.47. The predicted octanol–water partition coefficient (Wildman–Crippen LogP) is 2.58. The molecule has 1 aliphatic heterocycles. The Morgan fingerprint density at radius 2 is 2.19 bits per heavy atom. The Labute approximate surface area is 133 Å². The topological polar surface area (TPSA) is 74.7 Å². The molecule has 2 atom stereocenters. The van der Waals surface area contributed by atoms with Crippen molar-refractivity contribution in [3.63, 3.8) is 0 Å². The number of carboxylic acids is 1. The van der Waals surface area contributed by atoms with Crippen molar-refractivity contribution in [2.45, 2.75) is 36.6 Å². The maximum absolute atomic E-state index is 12.9. The summed E-state index contributed by atoms with van der Waals surface area (Å²) in [5.74, 6) is -0.853. The van der Waals surface area contributed by atoms with Crippen LogP contribution in [-0.2, 0) is 14.8 Å². The van der Waals surface area contributed by atoms with Crippen LogP contribution in [0.3, 0.4) is 0 Å². The lowest BCUT2D eigenvalue weighted by molar-refractivity contribution is -0.140. The van der Waals surface area contributed by atoms with E-state index in [2.05, 4.69) is 0 Å². The van der Waals surface area contributed by atoms with Gasteiger partial charge in [0.05, 0.1) is 10.3 Å². The zero-order valence-electron chi connectivity index (χ0n) is 11.6. The lowest BCUT2D eigenvalue weighted by atomic mass is 10.2. The summed E-state index contributed by atoms with van der Waals surface area (Å²) < 4.78 is 26.8. The molecule has 0 radical (unpaired) electrons. The van der Waals surface area contributed by atoms with Crippen molar-refractivity contribution in [3.8, 4) is 0 Å². The van der Waals surface area contributed by atoms with E-state index >= 15 is 0 Å². The van der Waals surface area contributed by atoms with Crippen LogP contribution in [0, 0.1) is 6.92 Å². The Bertz CT molecular complexity index is 662. The van der Waals surface area contributed by atoms with Crippen LogP contribution in [0.15, 0.2) is 23.1 Å². The first kappa shape index (κ1) is 16.6. The molecule has 1 aromatic carbocycles. The van der Waals surface area contributed by atoms with Crippen LogP contribution in [0.2, 0.25) is 5.02 Å². The maximum Gasteiger partial charge on any atom is 0.322 e. The summed E-state index contributed by atoms with van der Waals surface area (Å²) in [6.07, 6.45) is 0.556. The number of hydrogen-bond donors (Lipinski definition) is 1. The number of nitrogens with zero attached hydrogens (tertiary/aromatic N) is 1. The van der Waals surface area contributed by atoms with Crippen molar-refractivity contribution in [1.29, 1.82) is 0 Å². The molecule has 116 valence electrons. The third-order valence-electron chi connectivity index (χ3n) is 3.36. The molecule has 0 amide bonds. The first-order chi connectivity index (χ1) is 9.78. The summed E-state index contributed by atoms with van der Waals surface area (Å²) in [5, 5.41) is 9.37. The van der Waals surface area contributed by atoms with Gasteiger partial charge in [-0.25, -0.2) is 8.42 Å². The molecule has 1 fully saturated rings. The van der Waals surface area contributed by atoms with E-state index in [9.17, 15) is 18.3 Å². The highest BCUT2D eigenvalue weighted by Crippen LogP contribution is 2.37. The highest BCUT2D eigenvalue weighted by molar-refractivity contribution is 8.01. The van der Waals surface area contributed by atoms with Gasteiger partial charge >= 0.3 is 5.97 Å². The molecular formula is C13H16ClNO4S2. The van der Waals surface area contributed by atoms with Crippen molar-refractivity contribution in [2.75, 3.05) is 5.75 Å². The second kappa shape index (κ2) is 6.16. The average Bonchev–Trinajstić information content (AvgIpc) is 2.82. The third kappa shape index (κ3) is 3.06. The molecule has 0 aromatic heterocycles. The second-order valence-corrected chi connectivity index (χ2v) is 8.25. The molecule has 21 heavy (non-hydrogen) atoms. The number of thioether (sulfide) groups is 1. The number of rotatable bonds is 4. The molecule has 2 unspecified atom stereocenters. The first-order valence-corrected chi connectivity index (χ1v) is 9.29. The molecule has 1 N–H and O–H groups in total. The zero-order chi connectivity index (χ0) is 15.8. The van der Waals surface area contributed by atoms with Crippen molar-refractivity contribution in [3.05, 3.63) is 28.8 Å². The highest BCUT2D eigenvalue weighted by atomic mass is 35.5. The quantitative estimate of drug-likeness (QED) is 0.904. The summed E-state index contributed by atoms with van der Waals surface area (Å²) in [5.41, 5.74) is 0.512. The molecule has 8 heteroatoms. The Hall–Kier alpha value is -0.760. The van der Waals surface area contributed by atoms with Crippen LogP contribution in [-0.4, -0.2) is 41.0 Å². The van der Waals surface area contributed by atoms with Gasteiger partial charge in [0.15, 0.2) is 0 Å². The van der Waals surface area contributed by atoms with Gasteiger partial charge in [0, 0.05) is 10.8 Å². The summed E-state index contributed by atoms with van der Waals surface area (Å²) in [6.45, 7) is 3.50. The Morgan fingerprint density at radius 1 is 1.52 bits per heavy atom. The fourth-order valence-corrected chi connectivity index (χ4v) is 6.34.